The van der Waals surface area contributed by atoms with Gasteiger partial charge in [0, 0.05) is 18.5 Å². The first kappa shape index (κ1) is 10.5. The van der Waals surface area contributed by atoms with E-state index in [0.717, 1.165) is 12.5 Å². The molecule has 1 aliphatic rings. The summed E-state index contributed by atoms with van der Waals surface area (Å²) in [6.07, 6.45) is 1.27. The van der Waals surface area contributed by atoms with Gasteiger partial charge in [0.05, 0.1) is 0 Å². The van der Waals surface area contributed by atoms with Crippen molar-refractivity contribution >= 4 is 0 Å². The Morgan fingerprint density at radius 2 is 1.53 bits per heavy atom. The molecule has 17 heavy (non-hydrogen) atoms. The van der Waals surface area contributed by atoms with Gasteiger partial charge < -0.3 is 5.32 Å². The van der Waals surface area contributed by atoms with Crippen LogP contribution >= 0.6 is 0 Å². The Kier molecular flexibility index (Phi) is 2.93. The minimum Gasteiger partial charge on any atom is -0.309 e. The zero-order chi connectivity index (χ0) is 11.5. The third-order valence-electron chi connectivity index (χ3n) is 3.43. The molecule has 2 aromatic rings. The van der Waals surface area contributed by atoms with Crippen molar-refractivity contribution in [3.05, 3.63) is 71.8 Å². The van der Waals surface area contributed by atoms with Gasteiger partial charge >= 0.3 is 0 Å². The summed E-state index contributed by atoms with van der Waals surface area (Å²) in [7, 11) is 0. The van der Waals surface area contributed by atoms with Gasteiger partial charge in [0.1, 0.15) is 0 Å². The minimum absolute atomic E-state index is 0.664. The maximum absolute atomic E-state index is 3.62. The SMILES string of the molecule is c1ccc(CNC2C[C@@H]2c2ccccc2)cc1. The Morgan fingerprint density at radius 1 is 0.882 bits per heavy atom. The van der Waals surface area contributed by atoms with Crippen molar-refractivity contribution in [1.29, 1.82) is 0 Å². The zero-order valence-corrected chi connectivity index (χ0v) is 9.84. The molecule has 3 rings (SSSR count). The van der Waals surface area contributed by atoms with Crippen molar-refractivity contribution in [2.75, 3.05) is 0 Å². The Balaban J connectivity index is 1.53. The second kappa shape index (κ2) is 4.72. The topological polar surface area (TPSA) is 12.0 Å². The van der Waals surface area contributed by atoms with Crippen molar-refractivity contribution < 1.29 is 0 Å². The summed E-state index contributed by atoms with van der Waals surface area (Å²) >= 11 is 0. The van der Waals surface area contributed by atoms with Gasteiger partial charge in [-0.05, 0) is 17.5 Å². The van der Waals surface area contributed by atoms with E-state index < -0.39 is 0 Å². The molecule has 0 saturated heterocycles. The normalized spacial score (nSPS) is 22.4. The lowest BCUT2D eigenvalue weighted by Crippen LogP contribution is -2.17. The molecule has 86 valence electrons. The molecule has 1 fully saturated rings. The third-order valence-corrected chi connectivity index (χ3v) is 3.43. The largest absolute Gasteiger partial charge is 0.309 e. The predicted octanol–water partition coefficient (Wildman–Crippen LogP) is 3.33. The van der Waals surface area contributed by atoms with Crippen LogP contribution in [0.1, 0.15) is 23.5 Å². The molecule has 0 radical (unpaired) electrons. The number of nitrogens with one attached hydrogen (secondary N) is 1. The molecule has 1 nitrogen and oxygen atoms in total. The molecule has 2 aromatic carbocycles. The fourth-order valence-electron chi connectivity index (χ4n) is 2.33. The third kappa shape index (κ3) is 2.56. The summed E-state index contributed by atoms with van der Waals surface area (Å²) in [5.41, 5.74) is 2.84. The first-order chi connectivity index (χ1) is 8.43. The van der Waals surface area contributed by atoms with Crippen molar-refractivity contribution in [3.8, 4) is 0 Å². The maximum atomic E-state index is 3.62. The van der Waals surface area contributed by atoms with E-state index in [1.807, 2.05) is 0 Å². The van der Waals surface area contributed by atoms with E-state index in [2.05, 4.69) is 66.0 Å². The van der Waals surface area contributed by atoms with Crippen LogP contribution in [-0.4, -0.2) is 6.04 Å². The van der Waals surface area contributed by atoms with E-state index in [1.165, 1.54) is 17.5 Å². The molecule has 0 amide bonds. The van der Waals surface area contributed by atoms with Crippen LogP contribution in [0.25, 0.3) is 0 Å². The highest BCUT2D eigenvalue weighted by Gasteiger charge is 2.37. The molecule has 1 unspecified atom stereocenters. The van der Waals surface area contributed by atoms with E-state index >= 15 is 0 Å². The molecule has 0 bridgehead atoms. The Hall–Kier alpha value is -1.60. The Morgan fingerprint density at radius 3 is 2.24 bits per heavy atom. The van der Waals surface area contributed by atoms with Crippen LogP contribution in [0.4, 0.5) is 0 Å². The summed E-state index contributed by atoms with van der Waals surface area (Å²) in [5.74, 6) is 0.722. The first-order valence-corrected chi connectivity index (χ1v) is 6.26. The van der Waals surface area contributed by atoms with Gasteiger partial charge in [-0.15, -0.1) is 0 Å². The average molecular weight is 223 g/mol. The number of benzene rings is 2. The lowest BCUT2D eigenvalue weighted by Gasteiger charge is -2.04. The fourth-order valence-corrected chi connectivity index (χ4v) is 2.33. The van der Waals surface area contributed by atoms with Crippen molar-refractivity contribution in [2.24, 2.45) is 0 Å². The molecular weight excluding hydrogens is 206 g/mol. The quantitative estimate of drug-likeness (QED) is 0.838. The zero-order valence-electron chi connectivity index (χ0n) is 9.84. The number of hydrogen-bond acceptors (Lipinski definition) is 1. The molecule has 0 aliphatic heterocycles. The molecule has 1 heteroatoms. The van der Waals surface area contributed by atoms with Gasteiger partial charge in [0.15, 0.2) is 0 Å². The second-order valence-corrected chi connectivity index (χ2v) is 4.73. The lowest BCUT2D eigenvalue weighted by atomic mass is 10.1. The molecule has 1 saturated carbocycles. The first-order valence-electron chi connectivity index (χ1n) is 6.26. The van der Waals surface area contributed by atoms with Crippen molar-refractivity contribution in [3.63, 3.8) is 0 Å². The highest BCUT2D eigenvalue weighted by Crippen LogP contribution is 2.40. The van der Waals surface area contributed by atoms with E-state index in [0.29, 0.717) is 6.04 Å². The van der Waals surface area contributed by atoms with Gasteiger partial charge in [-0.3, -0.25) is 0 Å². The highest BCUT2D eigenvalue weighted by atomic mass is 15.0. The van der Waals surface area contributed by atoms with Gasteiger partial charge in [-0.25, -0.2) is 0 Å². The van der Waals surface area contributed by atoms with Crippen LogP contribution in [0.5, 0.6) is 0 Å². The lowest BCUT2D eigenvalue weighted by molar-refractivity contribution is 0.673. The predicted molar refractivity (Wildman–Crippen MR) is 70.9 cm³/mol. The van der Waals surface area contributed by atoms with Crippen LogP contribution in [0.2, 0.25) is 0 Å². The van der Waals surface area contributed by atoms with Gasteiger partial charge in [0.25, 0.3) is 0 Å². The summed E-state index contributed by atoms with van der Waals surface area (Å²) in [4.78, 5) is 0. The van der Waals surface area contributed by atoms with E-state index in [9.17, 15) is 0 Å². The summed E-state index contributed by atoms with van der Waals surface area (Å²) in [6.45, 7) is 0.981. The average Bonchev–Trinajstić information content (AvgIpc) is 3.18. The standard InChI is InChI=1S/C16H17N/c1-3-7-13(8-4-1)12-17-16-11-15(16)14-9-5-2-6-10-14/h1-10,15-17H,11-12H2/t15-,16?/m1/s1. The van der Waals surface area contributed by atoms with E-state index in [-0.39, 0.29) is 0 Å². The van der Waals surface area contributed by atoms with Crippen LogP contribution < -0.4 is 5.32 Å². The Labute approximate surface area is 102 Å². The molecule has 0 heterocycles. The Bertz CT molecular complexity index is 463. The number of hydrogen-bond donors (Lipinski definition) is 1. The molecule has 1 aliphatic carbocycles. The summed E-state index contributed by atoms with van der Waals surface area (Å²) in [5, 5.41) is 3.62. The maximum Gasteiger partial charge on any atom is 0.0208 e. The van der Waals surface area contributed by atoms with Crippen LogP contribution in [0.3, 0.4) is 0 Å². The van der Waals surface area contributed by atoms with Crippen molar-refractivity contribution in [2.45, 2.75) is 24.9 Å². The highest BCUT2D eigenvalue weighted by molar-refractivity contribution is 5.28. The van der Waals surface area contributed by atoms with Gasteiger partial charge in [-0.1, -0.05) is 60.7 Å². The van der Waals surface area contributed by atoms with Crippen LogP contribution in [0.15, 0.2) is 60.7 Å². The molecular formula is C16H17N. The summed E-state index contributed by atoms with van der Waals surface area (Å²) in [6, 6.07) is 22.1. The van der Waals surface area contributed by atoms with Crippen LogP contribution in [-0.2, 0) is 6.54 Å². The molecule has 2 atom stereocenters. The molecule has 0 spiro atoms. The summed E-state index contributed by atoms with van der Waals surface area (Å²) < 4.78 is 0. The van der Waals surface area contributed by atoms with Crippen LogP contribution in [0, 0.1) is 0 Å². The number of rotatable bonds is 4. The van der Waals surface area contributed by atoms with Crippen molar-refractivity contribution in [1.82, 2.24) is 5.32 Å². The second-order valence-electron chi connectivity index (χ2n) is 4.73. The van der Waals surface area contributed by atoms with Gasteiger partial charge in [-0.2, -0.15) is 0 Å². The molecule has 1 N–H and O–H groups in total. The van der Waals surface area contributed by atoms with E-state index in [4.69, 9.17) is 0 Å². The smallest absolute Gasteiger partial charge is 0.0208 e. The fraction of sp³-hybridized carbons (Fsp3) is 0.250. The minimum atomic E-state index is 0.664. The molecule has 0 aromatic heterocycles. The monoisotopic (exact) mass is 223 g/mol. The van der Waals surface area contributed by atoms with E-state index in [1.54, 1.807) is 0 Å². The van der Waals surface area contributed by atoms with Gasteiger partial charge in [0.2, 0.25) is 0 Å².